The SMILES string of the molecule is CCOc1ccc(C)cc1C(Cl)CN1CCC(C)CC1. The lowest BCUT2D eigenvalue weighted by Crippen LogP contribution is -2.35. The van der Waals surface area contributed by atoms with Crippen LogP contribution in [0.4, 0.5) is 0 Å². The molecule has 1 atom stereocenters. The van der Waals surface area contributed by atoms with Crippen molar-refractivity contribution in [3.63, 3.8) is 0 Å². The maximum absolute atomic E-state index is 6.67. The molecule has 0 spiro atoms. The maximum atomic E-state index is 6.67. The van der Waals surface area contributed by atoms with Crippen LogP contribution in [-0.2, 0) is 0 Å². The van der Waals surface area contributed by atoms with Gasteiger partial charge in [0.1, 0.15) is 5.75 Å². The molecule has 1 aromatic carbocycles. The summed E-state index contributed by atoms with van der Waals surface area (Å²) in [7, 11) is 0. The summed E-state index contributed by atoms with van der Waals surface area (Å²) in [6.07, 6.45) is 2.57. The maximum Gasteiger partial charge on any atom is 0.124 e. The molecule has 0 bridgehead atoms. The standard InChI is InChI=1S/C17H26ClNO/c1-4-20-17-6-5-14(3)11-15(17)16(18)12-19-9-7-13(2)8-10-19/h5-6,11,13,16H,4,7-10,12H2,1-3H3. The lowest BCUT2D eigenvalue weighted by atomic mass is 9.98. The van der Waals surface area contributed by atoms with Gasteiger partial charge in [-0.3, -0.25) is 0 Å². The first kappa shape index (κ1) is 15.7. The first-order valence-corrected chi connectivity index (χ1v) is 8.13. The molecule has 20 heavy (non-hydrogen) atoms. The molecule has 2 nitrogen and oxygen atoms in total. The second kappa shape index (κ2) is 7.33. The van der Waals surface area contributed by atoms with E-state index in [0.29, 0.717) is 6.61 Å². The number of piperidine rings is 1. The fourth-order valence-corrected chi connectivity index (χ4v) is 3.13. The van der Waals surface area contributed by atoms with Crippen LogP contribution >= 0.6 is 11.6 Å². The number of alkyl halides is 1. The normalized spacial score (nSPS) is 19.0. The zero-order valence-electron chi connectivity index (χ0n) is 12.9. The van der Waals surface area contributed by atoms with Crippen molar-refractivity contribution >= 4 is 11.6 Å². The molecule has 0 aliphatic carbocycles. The monoisotopic (exact) mass is 295 g/mol. The van der Waals surface area contributed by atoms with Crippen molar-refractivity contribution in [2.24, 2.45) is 5.92 Å². The Morgan fingerprint density at radius 3 is 2.70 bits per heavy atom. The Hall–Kier alpha value is -0.730. The van der Waals surface area contributed by atoms with E-state index in [0.717, 1.165) is 23.8 Å². The van der Waals surface area contributed by atoms with Gasteiger partial charge in [0.15, 0.2) is 0 Å². The van der Waals surface area contributed by atoms with Gasteiger partial charge in [-0.1, -0.05) is 24.6 Å². The molecule has 3 heteroatoms. The Kier molecular flexibility index (Phi) is 5.74. The molecule has 0 radical (unpaired) electrons. The summed E-state index contributed by atoms with van der Waals surface area (Å²) in [5, 5.41) is 0.00450. The minimum atomic E-state index is 0.00450. The van der Waals surface area contributed by atoms with Crippen molar-refractivity contribution in [2.45, 2.75) is 39.0 Å². The minimum absolute atomic E-state index is 0.00450. The molecule has 1 saturated heterocycles. The van der Waals surface area contributed by atoms with E-state index in [2.05, 4.69) is 30.9 Å². The molecule has 1 fully saturated rings. The lowest BCUT2D eigenvalue weighted by molar-refractivity contribution is 0.192. The zero-order valence-corrected chi connectivity index (χ0v) is 13.6. The fraction of sp³-hybridized carbons (Fsp3) is 0.647. The predicted molar refractivity (Wildman–Crippen MR) is 85.8 cm³/mol. The van der Waals surface area contributed by atoms with Crippen molar-refractivity contribution in [3.8, 4) is 5.75 Å². The quantitative estimate of drug-likeness (QED) is 0.746. The first-order chi connectivity index (χ1) is 9.60. The van der Waals surface area contributed by atoms with Gasteiger partial charge in [-0.25, -0.2) is 0 Å². The molecular formula is C17H26ClNO. The number of ether oxygens (including phenoxy) is 1. The van der Waals surface area contributed by atoms with E-state index in [4.69, 9.17) is 16.3 Å². The molecule has 1 aliphatic rings. The van der Waals surface area contributed by atoms with Gasteiger partial charge >= 0.3 is 0 Å². The van der Waals surface area contributed by atoms with Crippen molar-refractivity contribution in [1.82, 2.24) is 4.90 Å². The average Bonchev–Trinajstić information content (AvgIpc) is 2.43. The molecule has 1 aromatic rings. The highest BCUT2D eigenvalue weighted by Crippen LogP contribution is 2.32. The van der Waals surface area contributed by atoms with Crippen LogP contribution in [0.25, 0.3) is 0 Å². The summed E-state index contributed by atoms with van der Waals surface area (Å²) in [6, 6.07) is 6.29. The van der Waals surface area contributed by atoms with Gasteiger partial charge < -0.3 is 9.64 Å². The van der Waals surface area contributed by atoms with E-state index in [1.165, 1.54) is 31.5 Å². The number of benzene rings is 1. The molecule has 0 amide bonds. The number of halogens is 1. The molecular weight excluding hydrogens is 270 g/mol. The van der Waals surface area contributed by atoms with Gasteiger partial charge in [0.25, 0.3) is 0 Å². The Balaban J connectivity index is 2.04. The van der Waals surface area contributed by atoms with Gasteiger partial charge in [-0.05, 0) is 51.8 Å². The molecule has 1 heterocycles. The fourth-order valence-electron chi connectivity index (χ4n) is 2.77. The van der Waals surface area contributed by atoms with Crippen LogP contribution in [0.1, 0.15) is 43.2 Å². The van der Waals surface area contributed by atoms with Gasteiger partial charge in [0.05, 0.1) is 12.0 Å². The Labute approximate surface area is 128 Å². The van der Waals surface area contributed by atoms with Gasteiger partial charge in [-0.15, -0.1) is 11.6 Å². The third-order valence-corrected chi connectivity index (χ3v) is 4.47. The molecule has 0 aromatic heterocycles. The number of rotatable bonds is 5. The van der Waals surface area contributed by atoms with E-state index in [-0.39, 0.29) is 5.38 Å². The number of hydrogen-bond donors (Lipinski definition) is 0. The summed E-state index contributed by atoms with van der Waals surface area (Å²) < 4.78 is 5.72. The Morgan fingerprint density at radius 2 is 2.05 bits per heavy atom. The second-order valence-electron chi connectivity index (χ2n) is 5.92. The van der Waals surface area contributed by atoms with Gasteiger partial charge in [0.2, 0.25) is 0 Å². The van der Waals surface area contributed by atoms with Crippen LogP contribution in [0.15, 0.2) is 18.2 Å². The van der Waals surface area contributed by atoms with Crippen LogP contribution < -0.4 is 4.74 Å². The van der Waals surface area contributed by atoms with Gasteiger partial charge in [0, 0.05) is 12.1 Å². The van der Waals surface area contributed by atoms with Gasteiger partial charge in [-0.2, -0.15) is 0 Å². The molecule has 0 saturated carbocycles. The highest BCUT2D eigenvalue weighted by atomic mass is 35.5. The number of likely N-dealkylation sites (tertiary alicyclic amines) is 1. The van der Waals surface area contributed by atoms with Crippen LogP contribution in [0, 0.1) is 12.8 Å². The Bertz CT molecular complexity index is 427. The van der Waals surface area contributed by atoms with Crippen LogP contribution in [0.2, 0.25) is 0 Å². The topological polar surface area (TPSA) is 12.5 Å². The molecule has 0 N–H and O–H groups in total. The van der Waals surface area contributed by atoms with Crippen LogP contribution in [0.3, 0.4) is 0 Å². The summed E-state index contributed by atoms with van der Waals surface area (Å²) in [5.74, 6) is 1.79. The second-order valence-corrected chi connectivity index (χ2v) is 6.45. The molecule has 1 aliphatic heterocycles. The van der Waals surface area contributed by atoms with Crippen molar-refractivity contribution < 1.29 is 4.74 Å². The van der Waals surface area contributed by atoms with Crippen LogP contribution in [0.5, 0.6) is 5.75 Å². The zero-order chi connectivity index (χ0) is 14.5. The van der Waals surface area contributed by atoms with E-state index in [1.807, 2.05) is 13.0 Å². The van der Waals surface area contributed by atoms with E-state index < -0.39 is 0 Å². The number of aryl methyl sites for hydroxylation is 1. The molecule has 2 rings (SSSR count). The highest BCUT2D eigenvalue weighted by Gasteiger charge is 2.21. The Morgan fingerprint density at radius 1 is 1.35 bits per heavy atom. The van der Waals surface area contributed by atoms with Crippen molar-refractivity contribution in [3.05, 3.63) is 29.3 Å². The first-order valence-electron chi connectivity index (χ1n) is 7.70. The summed E-state index contributed by atoms with van der Waals surface area (Å²) in [4.78, 5) is 2.48. The average molecular weight is 296 g/mol. The lowest BCUT2D eigenvalue weighted by Gasteiger charge is -2.31. The minimum Gasteiger partial charge on any atom is -0.494 e. The largest absolute Gasteiger partial charge is 0.494 e. The summed E-state index contributed by atoms with van der Waals surface area (Å²) in [5.41, 5.74) is 2.37. The summed E-state index contributed by atoms with van der Waals surface area (Å²) in [6.45, 7) is 10.4. The van der Waals surface area contributed by atoms with Crippen molar-refractivity contribution in [1.29, 1.82) is 0 Å². The number of nitrogens with zero attached hydrogens (tertiary/aromatic N) is 1. The van der Waals surface area contributed by atoms with Crippen LogP contribution in [-0.4, -0.2) is 31.1 Å². The number of hydrogen-bond acceptors (Lipinski definition) is 2. The predicted octanol–water partition coefficient (Wildman–Crippen LogP) is 4.41. The smallest absolute Gasteiger partial charge is 0.124 e. The highest BCUT2D eigenvalue weighted by molar-refractivity contribution is 6.21. The van der Waals surface area contributed by atoms with E-state index >= 15 is 0 Å². The summed E-state index contributed by atoms with van der Waals surface area (Å²) >= 11 is 6.67. The molecule has 1 unspecified atom stereocenters. The molecule has 112 valence electrons. The van der Waals surface area contributed by atoms with Crippen molar-refractivity contribution in [2.75, 3.05) is 26.2 Å². The van der Waals surface area contributed by atoms with E-state index in [1.54, 1.807) is 0 Å². The third-order valence-electron chi connectivity index (χ3n) is 4.10. The van der Waals surface area contributed by atoms with E-state index in [9.17, 15) is 0 Å². The third kappa shape index (κ3) is 4.13.